The van der Waals surface area contributed by atoms with Gasteiger partial charge in [-0.2, -0.15) is 18.2 Å². The molecule has 8 heteroatoms. The van der Waals surface area contributed by atoms with E-state index in [9.17, 15) is 17.6 Å². The van der Waals surface area contributed by atoms with Gasteiger partial charge in [-0.15, -0.1) is 0 Å². The van der Waals surface area contributed by atoms with E-state index in [0.29, 0.717) is 0 Å². The second kappa shape index (κ2) is 5.01. The van der Waals surface area contributed by atoms with Gasteiger partial charge in [-0.3, -0.25) is 0 Å². The average Bonchev–Trinajstić information content (AvgIpc) is 2.79. The molecule has 0 fully saturated rings. The van der Waals surface area contributed by atoms with Gasteiger partial charge in [0.15, 0.2) is 11.6 Å². The van der Waals surface area contributed by atoms with E-state index >= 15 is 0 Å². The first-order valence-electron chi connectivity index (χ1n) is 5.97. The molecule has 0 radical (unpaired) electrons. The van der Waals surface area contributed by atoms with Crippen molar-refractivity contribution < 1.29 is 26.8 Å². The molecule has 0 unspecified atom stereocenters. The molecular weight excluding hydrogens is 292 g/mol. The first kappa shape index (κ1) is 15.3. The van der Waals surface area contributed by atoms with Gasteiger partial charge in [0.2, 0.25) is 5.82 Å². The summed E-state index contributed by atoms with van der Waals surface area (Å²) in [4.78, 5) is 3.15. The van der Waals surface area contributed by atoms with Crippen molar-refractivity contribution in [3.05, 3.63) is 29.9 Å². The third kappa shape index (κ3) is 3.50. The lowest BCUT2D eigenvalue weighted by Crippen LogP contribution is -2.23. The molecule has 21 heavy (non-hydrogen) atoms. The molecule has 0 aliphatic rings. The summed E-state index contributed by atoms with van der Waals surface area (Å²) in [5.41, 5.74) is -0.885. The van der Waals surface area contributed by atoms with Crippen LogP contribution in [0.25, 0.3) is 11.4 Å². The van der Waals surface area contributed by atoms with E-state index in [1.54, 1.807) is 20.8 Å². The Morgan fingerprint density at radius 3 is 2.33 bits per heavy atom. The monoisotopic (exact) mass is 304 g/mol. The van der Waals surface area contributed by atoms with Crippen LogP contribution in [0.4, 0.5) is 17.6 Å². The highest BCUT2D eigenvalue weighted by Gasteiger charge is 2.38. The Morgan fingerprint density at radius 1 is 1.14 bits per heavy atom. The van der Waals surface area contributed by atoms with Gasteiger partial charge in [0.05, 0.1) is 5.56 Å². The Labute approximate surface area is 117 Å². The van der Waals surface area contributed by atoms with Crippen molar-refractivity contribution in [1.82, 2.24) is 10.1 Å². The van der Waals surface area contributed by atoms with Crippen LogP contribution in [0, 0.1) is 5.82 Å². The summed E-state index contributed by atoms with van der Waals surface area (Å²) in [5, 5.41) is 3.15. The van der Waals surface area contributed by atoms with Crippen LogP contribution < -0.4 is 4.74 Å². The maximum atomic E-state index is 14.3. The molecule has 0 amide bonds. The Morgan fingerprint density at radius 2 is 1.81 bits per heavy atom. The van der Waals surface area contributed by atoms with Crippen LogP contribution in [-0.2, 0) is 6.18 Å². The fourth-order valence-corrected chi connectivity index (χ4v) is 1.54. The number of halogens is 4. The zero-order chi connectivity index (χ0) is 15.8. The molecule has 0 N–H and O–H groups in total. The molecule has 0 aliphatic carbocycles. The minimum Gasteiger partial charge on any atom is -0.485 e. The van der Waals surface area contributed by atoms with Gasteiger partial charge < -0.3 is 9.26 Å². The summed E-state index contributed by atoms with van der Waals surface area (Å²) in [7, 11) is 0. The molecule has 1 aromatic heterocycles. The highest BCUT2D eigenvalue weighted by molar-refractivity contribution is 5.58. The van der Waals surface area contributed by atoms with Crippen LogP contribution >= 0.6 is 0 Å². The van der Waals surface area contributed by atoms with Crippen LogP contribution in [-0.4, -0.2) is 15.7 Å². The van der Waals surface area contributed by atoms with Crippen LogP contribution in [0.1, 0.15) is 26.7 Å². The Hall–Kier alpha value is -2.12. The second-order valence-electron chi connectivity index (χ2n) is 5.25. The topological polar surface area (TPSA) is 48.2 Å². The van der Waals surface area contributed by atoms with Crippen molar-refractivity contribution in [3.8, 4) is 17.1 Å². The molecule has 0 atom stereocenters. The summed E-state index contributed by atoms with van der Waals surface area (Å²) in [6.07, 6.45) is -4.78. The maximum absolute atomic E-state index is 14.3. The number of hydrogen-bond donors (Lipinski definition) is 0. The molecule has 0 saturated carbocycles. The van der Waals surface area contributed by atoms with Gasteiger partial charge >= 0.3 is 12.1 Å². The highest BCUT2D eigenvalue weighted by Crippen LogP contribution is 2.32. The summed E-state index contributed by atoms with van der Waals surface area (Å²) in [6, 6.07) is 4.05. The fourth-order valence-electron chi connectivity index (χ4n) is 1.54. The summed E-state index contributed by atoms with van der Waals surface area (Å²) in [6.45, 7) is 5.15. The van der Waals surface area contributed by atoms with Crippen molar-refractivity contribution in [2.45, 2.75) is 32.5 Å². The van der Waals surface area contributed by atoms with Crippen LogP contribution in [0.15, 0.2) is 22.7 Å². The molecule has 0 saturated heterocycles. The number of nitrogens with zero attached hydrogens (tertiary/aromatic N) is 2. The quantitative estimate of drug-likeness (QED) is 0.785. The van der Waals surface area contributed by atoms with Crippen LogP contribution in [0.5, 0.6) is 5.75 Å². The van der Waals surface area contributed by atoms with E-state index in [1.807, 2.05) is 0 Å². The van der Waals surface area contributed by atoms with E-state index < -0.39 is 29.3 Å². The van der Waals surface area contributed by atoms with E-state index in [1.165, 1.54) is 18.2 Å². The molecule has 1 aromatic carbocycles. The molecule has 114 valence electrons. The third-order valence-corrected chi connectivity index (χ3v) is 2.29. The fraction of sp³-hybridized carbons (Fsp3) is 0.385. The van der Waals surface area contributed by atoms with Crippen molar-refractivity contribution >= 4 is 0 Å². The van der Waals surface area contributed by atoms with Gasteiger partial charge in [-0.25, -0.2) is 4.39 Å². The lowest BCUT2D eigenvalue weighted by atomic mass is 10.1. The number of hydrogen-bond acceptors (Lipinski definition) is 4. The zero-order valence-electron chi connectivity index (χ0n) is 11.5. The normalized spacial score (nSPS) is 12.5. The van der Waals surface area contributed by atoms with Crippen LogP contribution in [0.2, 0.25) is 0 Å². The predicted octanol–water partition coefficient (Wildman–Crippen LogP) is 4.07. The first-order valence-corrected chi connectivity index (χ1v) is 5.97. The second-order valence-corrected chi connectivity index (χ2v) is 5.25. The van der Waals surface area contributed by atoms with E-state index in [2.05, 4.69) is 14.7 Å². The molecule has 0 spiro atoms. The average molecular weight is 304 g/mol. The Balaban J connectivity index is 2.41. The molecular formula is C13H12F4N2O2. The Kier molecular flexibility index (Phi) is 3.65. The minimum absolute atomic E-state index is 0.0987. The largest absolute Gasteiger partial charge is 0.485 e. The van der Waals surface area contributed by atoms with Crippen molar-refractivity contribution in [2.24, 2.45) is 0 Å². The van der Waals surface area contributed by atoms with Crippen molar-refractivity contribution in [3.63, 3.8) is 0 Å². The molecule has 2 aromatic rings. The summed E-state index contributed by atoms with van der Waals surface area (Å²) in [5.74, 6) is -2.96. The van der Waals surface area contributed by atoms with E-state index in [-0.39, 0.29) is 11.3 Å². The number of ether oxygens (including phenoxy) is 1. The van der Waals surface area contributed by atoms with Gasteiger partial charge in [0, 0.05) is 0 Å². The van der Waals surface area contributed by atoms with E-state index in [0.717, 1.165) is 0 Å². The SMILES string of the molecule is CC(C)(C)Oc1cccc(-c2noc(C(F)(F)F)n2)c1F. The molecule has 1 heterocycles. The van der Waals surface area contributed by atoms with Gasteiger partial charge in [0.25, 0.3) is 0 Å². The highest BCUT2D eigenvalue weighted by atomic mass is 19.4. The standard InChI is InChI=1S/C13H12F4N2O2/c1-12(2,3)20-8-6-4-5-7(9(8)14)10-18-11(21-19-10)13(15,16)17/h4-6H,1-3H3. The van der Waals surface area contributed by atoms with Gasteiger partial charge in [0.1, 0.15) is 5.60 Å². The third-order valence-electron chi connectivity index (χ3n) is 2.29. The first-order chi connectivity index (χ1) is 9.58. The molecule has 0 bridgehead atoms. The number of alkyl halides is 3. The van der Waals surface area contributed by atoms with Crippen molar-refractivity contribution in [2.75, 3.05) is 0 Å². The van der Waals surface area contributed by atoms with Crippen LogP contribution in [0.3, 0.4) is 0 Å². The summed E-state index contributed by atoms with van der Waals surface area (Å²) >= 11 is 0. The summed E-state index contributed by atoms with van der Waals surface area (Å²) < 4.78 is 61.0. The van der Waals surface area contributed by atoms with E-state index in [4.69, 9.17) is 4.74 Å². The molecule has 4 nitrogen and oxygen atoms in total. The number of benzene rings is 1. The number of aromatic nitrogens is 2. The lowest BCUT2D eigenvalue weighted by molar-refractivity contribution is -0.159. The maximum Gasteiger partial charge on any atom is 0.471 e. The Bertz CT molecular complexity index is 644. The number of rotatable bonds is 2. The molecule has 2 rings (SSSR count). The predicted molar refractivity (Wildman–Crippen MR) is 65.1 cm³/mol. The van der Waals surface area contributed by atoms with Gasteiger partial charge in [-0.1, -0.05) is 11.2 Å². The lowest BCUT2D eigenvalue weighted by Gasteiger charge is -2.21. The molecule has 0 aliphatic heterocycles. The van der Waals surface area contributed by atoms with Crippen molar-refractivity contribution in [1.29, 1.82) is 0 Å². The smallest absolute Gasteiger partial charge is 0.471 e. The zero-order valence-corrected chi connectivity index (χ0v) is 11.5. The minimum atomic E-state index is -4.78. The van der Waals surface area contributed by atoms with Gasteiger partial charge in [-0.05, 0) is 32.9 Å².